The van der Waals surface area contributed by atoms with Gasteiger partial charge in [-0.25, -0.2) is 19.0 Å². The van der Waals surface area contributed by atoms with Crippen LogP contribution in [0.25, 0.3) is 16.6 Å². The summed E-state index contributed by atoms with van der Waals surface area (Å²) in [4.78, 5) is 8.82. The number of hydrogen-bond acceptors (Lipinski definition) is 7. The predicted octanol–water partition coefficient (Wildman–Crippen LogP) is 3.05. The number of nitrogens with two attached hydrogens (primary N) is 1. The van der Waals surface area contributed by atoms with E-state index in [-0.39, 0.29) is 24.8 Å². The Hall–Kier alpha value is -3.72. The maximum Gasteiger partial charge on any atom is 0.213 e. The molecule has 1 atom stereocenters. The fraction of sp³-hybridized carbons (Fsp3) is 0.190. The van der Waals surface area contributed by atoms with Crippen LogP contribution in [0.5, 0.6) is 11.6 Å². The van der Waals surface area contributed by atoms with Crippen LogP contribution >= 0.6 is 0 Å². The fourth-order valence-corrected chi connectivity index (χ4v) is 3.07. The van der Waals surface area contributed by atoms with Crippen LogP contribution in [-0.2, 0) is 0 Å². The summed E-state index contributed by atoms with van der Waals surface area (Å²) in [6, 6.07) is 11.2. The van der Waals surface area contributed by atoms with E-state index in [2.05, 4.69) is 15.1 Å². The minimum Gasteiger partial charge on any atom is -0.480 e. The molecule has 1 aromatic carbocycles. The van der Waals surface area contributed by atoms with Gasteiger partial charge in [0.05, 0.1) is 17.8 Å². The topological polar surface area (TPSA) is 108 Å². The Morgan fingerprint density at radius 1 is 1.20 bits per heavy atom. The van der Waals surface area contributed by atoms with Gasteiger partial charge in [0.1, 0.15) is 24.2 Å². The summed E-state index contributed by atoms with van der Waals surface area (Å²) < 4.78 is 26.8. The first-order valence-electron chi connectivity index (χ1n) is 9.32. The van der Waals surface area contributed by atoms with E-state index in [1.165, 1.54) is 12.1 Å². The summed E-state index contributed by atoms with van der Waals surface area (Å²) >= 11 is 0. The SMILES string of the molecule is CC(Oc1cc2cc(F)ccc2nc1N)c1nc(OCCO)ccc1-n1cccn1. The zero-order chi connectivity index (χ0) is 21.1. The van der Waals surface area contributed by atoms with E-state index in [1.54, 1.807) is 54.3 Å². The molecule has 0 bridgehead atoms. The number of pyridine rings is 2. The molecule has 0 spiro atoms. The molecule has 0 aliphatic carbocycles. The maximum atomic E-state index is 13.6. The third-order valence-corrected chi connectivity index (χ3v) is 4.43. The number of ether oxygens (including phenoxy) is 2. The van der Waals surface area contributed by atoms with Crippen LogP contribution in [0.1, 0.15) is 18.7 Å². The van der Waals surface area contributed by atoms with E-state index in [9.17, 15) is 4.39 Å². The second kappa shape index (κ2) is 8.34. The van der Waals surface area contributed by atoms with Crippen molar-refractivity contribution in [2.24, 2.45) is 0 Å². The van der Waals surface area contributed by atoms with Gasteiger partial charge in [-0.3, -0.25) is 0 Å². The molecular weight excluding hydrogens is 389 g/mol. The van der Waals surface area contributed by atoms with Gasteiger partial charge in [0.15, 0.2) is 11.6 Å². The molecule has 4 rings (SSSR count). The second-order valence-corrected chi connectivity index (χ2v) is 6.55. The third-order valence-electron chi connectivity index (χ3n) is 4.43. The van der Waals surface area contributed by atoms with Gasteiger partial charge < -0.3 is 20.3 Å². The molecule has 3 heterocycles. The average Bonchev–Trinajstić information content (AvgIpc) is 3.27. The van der Waals surface area contributed by atoms with E-state index in [0.29, 0.717) is 33.9 Å². The predicted molar refractivity (Wildman–Crippen MR) is 109 cm³/mol. The highest BCUT2D eigenvalue weighted by atomic mass is 19.1. The Bertz CT molecular complexity index is 1170. The van der Waals surface area contributed by atoms with Gasteiger partial charge in [-0.2, -0.15) is 5.10 Å². The highest BCUT2D eigenvalue weighted by molar-refractivity contribution is 5.82. The van der Waals surface area contributed by atoms with Gasteiger partial charge in [-0.1, -0.05) is 0 Å². The lowest BCUT2D eigenvalue weighted by Gasteiger charge is -2.19. The molecule has 3 N–H and O–H groups in total. The molecule has 3 aromatic heterocycles. The lowest BCUT2D eigenvalue weighted by molar-refractivity contribution is 0.192. The molecule has 0 fully saturated rings. The van der Waals surface area contributed by atoms with Crippen LogP contribution in [0.4, 0.5) is 10.2 Å². The first-order valence-corrected chi connectivity index (χ1v) is 9.32. The summed E-state index contributed by atoms with van der Waals surface area (Å²) in [6.07, 6.45) is 2.89. The van der Waals surface area contributed by atoms with Crippen LogP contribution in [0, 0.1) is 5.82 Å². The molecular formula is C21H20FN5O3. The number of rotatable bonds is 7. The minimum atomic E-state index is -0.558. The van der Waals surface area contributed by atoms with Crippen LogP contribution in [0.15, 0.2) is 54.9 Å². The van der Waals surface area contributed by atoms with Crippen LogP contribution in [0.3, 0.4) is 0 Å². The van der Waals surface area contributed by atoms with E-state index >= 15 is 0 Å². The van der Waals surface area contributed by atoms with Crippen LogP contribution < -0.4 is 15.2 Å². The molecule has 9 heteroatoms. The van der Waals surface area contributed by atoms with Gasteiger partial charge in [0, 0.05) is 23.8 Å². The maximum absolute atomic E-state index is 13.6. The fourth-order valence-electron chi connectivity index (χ4n) is 3.07. The molecule has 0 radical (unpaired) electrons. The van der Waals surface area contributed by atoms with E-state index < -0.39 is 6.10 Å². The Kier molecular flexibility index (Phi) is 5.44. The first kappa shape index (κ1) is 19.6. The number of nitrogen functional groups attached to an aromatic ring is 1. The van der Waals surface area contributed by atoms with E-state index in [1.807, 2.05) is 0 Å². The molecule has 0 aliphatic heterocycles. The van der Waals surface area contributed by atoms with Gasteiger partial charge in [-0.15, -0.1) is 0 Å². The highest BCUT2D eigenvalue weighted by Crippen LogP contribution is 2.31. The number of fused-ring (bicyclic) bond motifs is 1. The number of aliphatic hydroxyl groups is 1. The van der Waals surface area contributed by atoms with Crippen molar-refractivity contribution in [1.29, 1.82) is 0 Å². The largest absolute Gasteiger partial charge is 0.480 e. The van der Waals surface area contributed by atoms with Gasteiger partial charge in [0.25, 0.3) is 0 Å². The summed E-state index contributed by atoms with van der Waals surface area (Å²) in [7, 11) is 0. The van der Waals surface area contributed by atoms with E-state index in [0.717, 1.165) is 0 Å². The summed E-state index contributed by atoms with van der Waals surface area (Å²) in [5.74, 6) is 0.478. The Labute approximate surface area is 171 Å². The third kappa shape index (κ3) is 4.01. The zero-order valence-corrected chi connectivity index (χ0v) is 16.2. The Morgan fingerprint density at radius 3 is 2.83 bits per heavy atom. The van der Waals surface area contributed by atoms with Crippen LogP contribution in [-0.4, -0.2) is 38.1 Å². The number of aliphatic hydroxyl groups excluding tert-OH is 1. The summed E-state index contributed by atoms with van der Waals surface area (Å²) in [5.41, 5.74) is 7.88. The Balaban J connectivity index is 1.70. The van der Waals surface area contributed by atoms with Gasteiger partial charge in [0.2, 0.25) is 5.88 Å². The normalized spacial score (nSPS) is 12.1. The van der Waals surface area contributed by atoms with E-state index in [4.69, 9.17) is 20.3 Å². The molecule has 0 saturated carbocycles. The number of hydrogen-bond donors (Lipinski definition) is 2. The second-order valence-electron chi connectivity index (χ2n) is 6.55. The number of anilines is 1. The van der Waals surface area contributed by atoms with Gasteiger partial charge >= 0.3 is 0 Å². The monoisotopic (exact) mass is 409 g/mol. The molecule has 8 nitrogen and oxygen atoms in total. The first-order chi connectivity index (χ1) is 14.5. The molecule has 0 aliphatic rings. The van der Waals surface area contributed by atoms with Crippen molar-refractivity contribution in [3.8, 4) is 17.3 Å². The number of benzene rings is 1. The average molecular weight is 409 g/mol. The van der Waals surface area contributed by atoms with Crippen LogP contribution in [0.2, 0.25) is 0 Å². The van der Waals surface area contributed by atoms with Crippen molar-refractivity contribution >= 4 is 16.7 Å². The summed E-state index contributed by atoms with van der Waals surface area (Å²) in [6.45, 7) is 1.80. The van der Waals surface area contributed by atoms with Crippen molar-refractivity contribution < 1.29 is 19.0 Å². The van der Waals surface area contributed by atoms with Crippen molar-refractivity contribution in [3.63, 3.8) is 0 Å². The summed E-state index contributed by atoms with van der Waals surface area (Å²) in [5, 5.41) is 13.8. The quantitative estimate of drug-likeness (QED) is 0.483. The smallest absolute Gasteiger partial charge is 0.213 e. The molecule has 154 valence electrons. The molecule has 0 amide bonds. The molecule has 1 unspecified atom stereocenters. The van der Waals surface area contributed by atoms with Crippen molar-refractivity contribution in [2.75, 3.05) is 18.9 Å². The number of nitrogens with zero attached hydrogens (tertiary/aromatic N) is 4. The molecule has 30 heavy (non-hydrogen) atoms. The standard InChI is InChI=1S/C21H20FN5O3/c1-13(30-18-12-14-11-15(22)3-4-16(14)25-21(18)23)20-17(27-8-2-7-24-27)5-6-19(26-20)29-10-9-28/h2-8,11-13,28H,9-10H2,1H3,(H2,23,25). The number of aromatic nitrogens is 4. The molecule has 4 aromatic rings. The zero-order valence-electron chi connectivity index (χ0n) is 16.2. The lowest BCUT2D eigenvalue weighted by atomic mass is 10.2. The lowest BCUT2D eigenvalue weighted by Crippen LogP contribution is -2.13. The Morgan fingerprint density at radius 2 is 2.07 bits per heavy atom. The molecule has 0 saturated heterocycles. The van der Waals surface area contributed by atoms with Gasteiger partial charge in [-0.05, 0) is 43.3 Å². The van der Waals surface area contributed by atoms with Crippen molar-refractivity contribution in [1.82, 2.24) is 19.7 Å². The number of halogens is 1. The van der Waals surface area contributed by atoms with Crippen molar-refractivity contribution in [3.05, 3.63) is 66.4 Å². The highest BCUT2D eigenvalue weighted by Gasteiger charge is 2.19. The minimum absolute atomic E-state index is 0.121. The van der Waals surface area contributed by atoms with Crippen molar-refractivity contribution in [2.45, 2.75) is 13.0 Å².